The Labute approximate surface area is 168 Å². The summed E-state index contributed by atoms with van der Waals surface area (Å²) in [6, 6.07) is 16.7. The van der Waals surface area contributed by atoms with Crippen LogP contribution in [-0.2, 0) is 20.8 Å². The van der Waals surface area contributed by atoms with E-state index < -0.39 is 17.3 Å². The van der Waals surface area contributed by atoms with Gasteiger partial charge in [-0.15, -0.1) is 0 Å². The minimum atomic E-state index is -1.06. The molecule has 0 aliphatic rings. The molecule has 2 atom stereocenters. The van der Waals surface area contributed by atoms with Crippen LogP contribution in [0.25, 0.3) is 11.1 Å². The third-order valence-electron chi connectivity index (χ3n) is 4.05. The molecule has 0 saturated carbocycles. The van der Waals surface area contributed by atoms with Crippen molar-refractivity contribution in [2.24, 2.45) is 0 Å². The number of allylic oxidation sites excluding steroid dienone is 1. The van der Waals surface area contributed by atoms with Crippen molar-refractivity contribution in [2.75, 3.05) is 0 Å². The third kappa shape index (κ3) is 6.39. The molecule has 0 aromatic heterocycles. The summed E-state index contributed by atoms with van der Waals surface area (Å²) >= 11 is 0.739. The summed E-state index contributed by atoms with van der Waals surface area (Å²) in [5, 5.41) is 10.7. The van der Waals surface area contributed by atoms with Gasteiger partial charge in [-0.3, -0.25) is 14.4 Å². The van der Waals surface area contributed by atoms with Gasteiger partial charge in [0.15, 0.2) is 0 Å². The van der Waals surface area contributed by atoms with Gasteiger partial charge in [-0.2, -0.15) is 0 Å². The first kappa shape index (κ1) is 21.4. The van der Waals surface area contributed by atoms with E-state index in [4.69, 9.17) is 0 Å². The van der Waals surface area contributed by atoms with Crippen molar-refractivity contribution >= 4 is 28.8 Å². The highest BCUT2D eigenvalue weighted by atomic mass is 32.2. The largest absolute Gasteiger partial charge is 0.480 e. The van der Waals surface area contributed by atoms with Gasteiger partial charge in [0.1, 0.15) is 5.25 Å². The summed E-state index contributed by atoms with van der Waals surface area (Å²) in [7, 11) is 0. The molecule has 0 spiro atoms. The number of carbonyl (C=O) groups excluding carboxylic acids is 2. The van der Waals surface area contributed by atoms with Crippen LogP contribution in [0.2, 0.25) is 0 Å². The SMILES string of the molecule is C/C=C/C(=O)N[C@H](C)C(=O)S[C@H](Cc1ccc(-c2ccccc2)cc1)C(=O)O. The number of carboxylic acids is 1. The van der Waals surface area contributed by atoms with Crippen LogP contribution in [0.1, 0.15) is 19.4 Å². The molecule has 5 nitrogen and oxygen atoms in total. The number of nitrogens with one attached hydrogen (secondary N) is 1. The fraction of sp³-hybridized carbons (Fsp3) is 0.227. The van der Waals surface area contributed by atoms with E-state index in [2.05, 4.69) is 5.32 Å². The highest BCUT2D eigenvalue weighted by Crippen LogP contribution is 2.23. The Kier molecular flexibility index (Phi) is 8.02. The van der Waals surface area contributed by atoms with Crippen LogP contribution in [0, 0.1) is 0 Å². The first-order valence-electron chi connectivity index (χ1n) is 8.91. The third-order valence-corrected chi connectivity index (χ3v) is 5.29. The maximum Gasteiger partial charge on any atom is 0.317 e. The molecule has 0 radical (unpaired) electrons. The molecule has 2 rings (SSSR count). The van der Waals surface area contributed by atoms with Gasteiger partial charge < -0.3 is 10.4 Å². The number of benzene rings is 2. The zero-order valence-electron chi connectivity index (χ0n) is 15.8. The van der Waals surface area contributed by atoms with E-state index in [1.165, 1.54) is 6.08 Å². The Morgan fingerprint density at radius 2 is 1.64 bits per heavy atom. The predicted octanol–water partition coefficient (Wildman–Crippen LogP) is 3.69. The van der Waals surface area contributed by atoms with E-state index in [1.807, 2.05) is 54.6 Å². The summed E-state index contributed by atoms with van der Waals surface area (Å²) < 4.78 is 0. The molecule has 0 aliphatic heterocycles. The Morgan fingerprint density at radius 3 is 2.21 bits per heavy atom. The monoisotopic (exact) mass is 397 g/mol. The van der Waals surface area contributed by atoms with Crippen molar-refractivity contribution in [3.63, 3.8) is 0 Å². The average Bonchev–Trinajstić information content (AvgIpc) is 2.68. The molecule has 0 unspecified atom stereocenters. The first-order chi connectivity index (χ1) is 13.4. The lowest BCUT2D eigenvalue weighted by molar-refractivity contribution is -0.136. The molecular weight excluding hydrogens is 374 g/mol. The Hall–Kier alpha value is -2.86. The van der Waals surface area contributed by atoms with Crippen molar-refractivity contribution in [2.45, 2.75) is 31.6 Å². The van der Waals surface area contributed by atoms with E-state index in [1.54, 1.807) is 19.9 Å². The number of hydrogen-bond donors (Lipinski definition) is 2. The molecule has 0 heterocycles. The van der Waals surface area contributed by atoms with E-state index in [-0.39, 0.29) is 17.4 Å². The Morgan fingerprint density at radius 1 is 1.04 bits per heavy atom. The zero-order valence-corrected chi connectivity index (χ0v) is 16.6. The highest BCUT2D eigenvalue weighted by molar-refractivity contribution is 8.14. The number of hydrogen-bond acceptors (Lipinski definition) is 4. The molecule has 28 heavy (non-hydrogen) atoms. The highest BCUT2D eigenvalue weighted by Gasteiger charge is 2.26. The maximum atomic E-state index is 12.3. The summed E-state index contributed by atoms with van der Waals surface area (Å²) in [6.45, 7) is 3.24. The van der Waals surface area contributed by atoms with Gasteiger partial charge in [0.05, 0.1) is 6.04 Å². The Balaban J connectivity index is 2.01. The lowest BCUT2D eigenvalue weighted by Crippen LogP contribution is -2.37. The van der Waals surface area contributed by atoms with E-state index in [0.29, 0.717) is 0 Å². The minimum absolute atomic E-state index is 0.219. The first-order valence-corrected chi connectivity index (χ1v) is 9.79. The van der Waals surface area contributed by atoms with Crippen molar-refractivity contribution in [3.8, 4) is 11.1 Å². The molecule has 0 aliphatic carbocycles. The molecule has 146 valence electrons. The summed E-state index contributed by atoms with van der Waals surface area (Å²) in [6.07, 6.45) is 3.10. The molecule has 2 aromatic carbocycles. The summed E-state index contributed by atoms with van der Waals surface area (Å²) in [5.74, 6) is -1.44. The summed E-state index contributed by atoms with van der Waals surface area (Å²) in [4.78, 5) is 35.4. The number of carbonyl (C=O) groups is 3. The van der Waals surface area contributed by atoms with Crippen LogP contribution in [0.5, 0.6) is 0 Å². The number of aliphatic carboxylic acids is 1. The number of thioether (sulfide) groups is 1. The van der Waals surface area contributed by atoms with Crippen LogP contribution in [-0.4, -0.2) is 33.4 Å². The van der Waals surface area contributed by atoms with Gasteiger partial charge in [-0.1, -0.05) is 72.4 Å². The quantitative estimate of drug-likeness (QED) is 0.664. The van der Waals surface area contributed by atoms with Gasteiger partial charge in [0.25, 0.3) is 0 Å². The van der Waals surface area contributed by atoms with Crippen molar-refractivity contribution in [3.05, 3.63) is 72.3 Å². The zero-order chi connectivity index (χ0) is 20.5. The number of carboxylic acid groups (broad SMARTS) is 1. The average molecular weight is 397 g/mol. The van der Waals surface area contributed by atoms with Crippen LogP contribution >= 0.6 is 11.8 Å². The number of rotatable bonds is 8. The van der Waals surface area contributed by atoms with Gasteiger partial charge in [-0.05, 0) is 43.0 Å². The molecule has 0 bridgehead atoms. The predicted molar refractivity (Wildman–Crippen MR) is 112 cm³/mol. The van der Waals surface area contributed by atoms with Gasteiger partial charge in [0.2, 0.25) is 11.0 Å². The summed E-state index contributed by atoms with van der Waals surface area (Å²) in [5.41, 5.74) is 2.96. The molecule has 0 saturated heterocycles. The molecule has 2 aromatic rings. The van der Waals surface area contributed by atoms with E-state index in [9.17, 15) is 19.5 Å². The van der Waals surface area contributed by atoms with Gasteiger partial charge >= 0.3 is 5.97 Å². The molecule has 6 heteroatoms. The second kappa shape index (κ2) is 10.5. The van der Waals surface area contributed by atoms with E-state index >= 15 is 0 Å². The van der Waals surface area contributed by atoms with Gasteiger partial charge in [0, 0.05) is 0 Å². The van der Waals surface area contributed by atoms with Crippen LogP contribution in [0.15, 0.2) is 66.7 Å². The molecule has 2 N–H and O–H groups in total. The molecular formula is C22H23NO4S. The lowest BCUT2D eigenvalue weighted by atomic mass is 10.0. The molecule has 1 amide bonds. The smallest absolute Gasteiger partial charge is 0.317 e. The van der Waals surface area contributed by atoms with Crippen LogP contribution in [0.4, 0.5) is 0 Å². The lowest BCUT2D eigenvalue weighted by Gasteiger charge is -2.15. The Bertz CT molecular complexity index is 847. The standard InChI is InChI=1S/C22H23NO4S/c1-3-7-20(24)23-15(2)22(27)28-19(21(25)26)14-16-10-12-18(13-11-16)17-8-5-4-6-9-17/h3-13,15,19H,14H2,1-2H3,(H,23,24)(H,25,26)/b7-3+/t15-,19-/m1/s1. The topological polar surface area (TPSA) is 83.5 Å². The van der Waals surface area contributed by atoms with Crippen LogP contribution < -0.4 is 5.32 Å². The molecule has 0 fully saturated rings. The van der Waals surface area contributed by atoms with Crippen molar-refractivity contribution in [1.29, 1.82) is 0 Å². The van der Waals surface area contributed by atoms with Crippen molar-refractivity contribution in [1.82, 2.24) is 5.32 Å². The van der Waals surface area contributed by atoms with Crippen molar-refractivity contribution < 1.29 is 19.5 Å². The second-order valence-electron chi connectivity index (χ2n) is 6.26. The fourth-order valence-electron chi connectivity index (χ4n) is 2.57. The van der Waals surface area contributed by atoms with E-state index in [0.717, 1.165) is 28.5 Å². The minimum Gasteiger partial charge on any atom is -0.480 e. The normalized spacial score (nSPS) is 13.1. The second-order valence-corrected chi connectivity index (χ2v) is 7.47. The fourth-order valence-corrected chi connectivity index (χ4v) is 3.49. The van der Waals surface area contributed by atoms with Crippen LogP contribution in [0.3, 0.4) is 0 Å². The van der Waals surface area contributed by atoms with Gasteiger partial charge in [-0.25, -0.2) is 0 Å². The number of amides is 1. The maximum absolute atomic E-state index is 12.3.